The molecule has 3 aromatic carbocycles. The summed E-state index contributed by atoms with van der Waals surface area (Å²) in [6.45, 7) is 2.03. The van der Waals surface area contributed by atoms with Crippen molar-refractivity contribution >= 4 is 49.9 Å². The molecule has 9 heteroatoms. The summed E-state index contributed by atoms with van der Waals surface area (Å²) in [4.78, 5) is 30.3. The van der Waals surface area contributed by atoms with Gasteiger partial charge < -0.3 is 10.6 Å². The number of hydrogen-bond acceptors (Lipinski definition) is 5. The molecule has 4 rings (SSSR count). The van der Waals surface area contributed by atoms with E-state index in [1.54, 1.807) is 43.5 Å². The first-order valence-electron chi connectivity index (χ1n) is 11.3. The van der Waals surface area contributed by atoms with Crippen LogP contribution >= 0.6 is 22.6 Å². The molecule has 0 aliphatic carbocycles. The Bertz CT molecular complexity index is 1570. The number of carbonyl (C=O) groups excluding carboxylic acids is 2. The highest BCUT2D eigenvalue weighted by atomic mass is 127. The van der Waals surface area contributed by atoms with Gasteiger partial charge in [0.2, 0.25) is 0 Å². The van der Waals surface area contributed by atoms with Crippen molar-refractivity contribution in [1.29, 1.82) is 0 Å². The van der Waals surface area contributed by atoms with Crippen LogP contribution in [0.3, 0.4) is 0 Å². The van der Waals surface area contributed by atoms with Gasteiger partial charge in [-0.3, -0.25) is 14.6 Å². The van der Waals surface area contributed by atoms with Gasteiger partial charge in [0.15, 0.2) is 9.84 Å². The molecular weight excluding hydrogens is 601 g/mol. The maximum atomic E-state index is 13.0. The van der Waals surface area contributed by atoms with Gasteiger partial charge >= 0.3 is 0 Å². The quantitative estimate of drug-likeness (QED) is 0.273. The number of aromatic nitrogens is 1. The second kappa shape index (κ2) is 11.2. The lowest BCUT2D eigenvalue weighted by Crippen LogP contribution is -2.23. The Morgan fingerprint density at radius 3 is 2.32 bits per heavy atom. The third kappa shape index (κ3) is 6.60. The summed E-state index contributed by atoms with van der Waals surface area (Å²) in [6.07, 6.45) is 2.88. The van der Waals surface area contributed by atoms with Crippen LogP contribution in [0, 0.1) is 10.5 Å². The number of amides is 2. The molecule has 0 saturated heterocycles. The Kier molecular flexibility index (Phi) is 8.03. The number of nitrogens with one attached hydrogen (secondary N) is 2. The fourth-order valence-electron chi connectivity index (χ4n) is 3.72. The molecule has 0 radical (unpaired) electrons. The number of anilines is 1. The van der Waals surface area contributed by atoms with Gasteiger partial charge in [0.05, 0.1) is 10.6 Å². The molecule has 0 aliphatic rings. The van der Waals surface area contributed by atoms with Crippen molar-refractivity contribution in [3.8, 4) is 11.3 Å². The Labute approximate surface area is 229 Å². The van der Waals surface area contributed by atoms with Crippen molar-refractivity contribution in [1.82, 2.24) is 10.3 Å². The summed E-state index contributed by atoms with van der Waals surface area (Å²) in [6, 6.07) is 22.6. The predicted octanol–water partition coefficient (Wildman–Crippen LogP) is 5.25. The standard InChI is InChI=1S/C28H24IN3O4S/c1-18-15-20(27(33)31-17-19-6-10-22(11-7-19)37(2,35)36)8-12-23(18)28(34)32-21-9-13-25(29)24(16-21)26-5-3-4-14-30-26/h3-16H,17H2,1-2H3,(H,31,33)(H,32,34). The molecule has 0 fully saturated rings. The molecule has 0 bridgehead atoms. The maximum Gasteiger partial charge on any atom is 0.255 e. The minimum atomic E-state index is -3.27. The molecule has 1 heterocycles. The van der Waals surface area contributed by atoms with Crippen LogP contribution < -0.4 is 10.6 Å². The molecule has 0 spiro atoms. The van der Waals surface area contributed by atoms with Crippen LogP contribution in [0.25, 0.3) is 11.3 Å². The number of aryl methyl sites for hydroxylation is 1. The third-order valence-electron chi connectivity index (χ3n) is 5.70. The van der Waals surface area contributed by atoms with Gasteiger partial charge in [-0.1, -0.05) is 18.2 Å². The molecule has 37 heavy (non-hydrogen) atoms. The van der Waals surface area contributed by atoms with E-state index in [0.29, 0.717) is 22.4 Å². The zero-order valence-electron chi connectivity index (χ0n) is 20.2. The first-order chi connectivity index (χ1) is 17.6. The van der Waals surface area contributed by atoms with Crippen LogP contribution in [0.15, 0.2) is 90.0 Å². The van der Waals surface area contributed by atoms with E-state index in [2.05, 4.69) is 38.2 Å². The Morgan fingerprint density at radius 1 is 0.919 bits per heavy atom. The summed E-state index contributed by atoms with van der Waals surface area (Å²) in [7, 11) is -3.27. The normalized spacial score (nSPS) is 11.1. The zero-order valence-corrected chi connectivity index (χ0v) is 23.1. The van der Waals surface area contributed by atoms with E-state index in [1.807, 2.05) is 36.4 Å². The van der Waals surface area contributed by atoms with Crippen LogP contribution in [-0.2, 0) is 16.4 Å². The lowest BCUT2D eigenvalue weighted by molar-refractivity contribution is 0.0949. The van der Waals surface area contributed by atoms with E-state index in [4.69, 9.17) is 0 Å². The van der Waals surface area contributed by atoms with E-state index in [9.17, 15) is 18.0 Å². The van der Waals surface area contributed by atoms with Crippen molar-refractivity contribution in [2.75, 3.05) is 11.6 Å². The molecule has 188 valence electrons. The fourth-order valence-corrected chi connectivity index (χ4v) is 4.96. The van der Waals surface area contributed by atoms with Gasteiger partial charge in [0.1, 0.15) is 0 Å². The minimum absolute atomic E-state index is 0.227. The maximum absolute atomic E-state index is 13.0. The molecule has 0 atom stereocenters. The van der Waals surface area contributed by atoms with E-state index in [-0.39, 0.29) is 23.3 Å². The van der Waals surface area contributed by atoms with Gasteiger partial charge in [-0.05, 0) is 101 Å². The third-order valence-corrected chi connectivity index (χ3v) is 7.77. The number of rotatable bonds is 7. The molecule has 2 amide bonds. The number of benzene rings is 3. The summed E-state index contributed by atoms with van der Waals surface area (Å²) in [5.74, 6) is -0.566. The monoisotopic (exact) mass is 625 g/mol. The predicted molar refractivity (Wildman–Crippen MR) is 152 cm³/mol. The van der Waals surface area contributed by atoms with Crippen LogP contribution in [0.4, 0.5) is 5.69 Å². The largest absolute Gasteiger partial charge is 0.348 e. The second-order valence-electron chi connectivity index (χ2n) is 8.49. The van der Waals surface area contributed by atoms with E-state index < -0.39 is 9.84 Å². The molecule has 0 aliphatic heterocycles. The summed E-state index contributed by atoms with van der Waals surface area (Å²) in [5.41, 5.74) is 4.72. The Hall–Kier alpha value is -3.57. The van der Waals surface area contributed by atoms with Crippen molar-refractivity contribution in [3.63, 3.8) is 0 Å². The van der Waals surface area contributed by atoms with Crippen molar-refractivity contribution in [2.24, 2.45) is 0 Å². The van der Waals surface area contributed by atoms with Crippen molar-refractivity contribution in [3.05, 3.63) is 111 Å². The highest BCUT2D eigenvalue weighted by Gasteiger charge is 2.14. The molecule has 7 nitrogen and oxygen atoms in total. The van der Waals surface area contributed by atoms with Gasteiger partial charge in [-0.2, -0.15) is 0 Å². The number of sulfone groups is 1. The smallest absolute Gasteiger partial charge is 0.255 e. The van der Waals surface area contributed by atoms with E-state index >= 15 is 0 Å². The number of halogens is 1. The van der Waals surface area contributed by atoms with Gasteiger partial charge in [0.25, 0.3) is 11.8 Å². The Morgan fingerprint density at radius 2 is 1.68 bits per heavy atom. The zero-order chi connectivity index (χ0) is 26.6. The van der Waals surface area contributed by atoms with E-state index in [1.165, 1.54) is 12.1 Å². The molecule has 0 saturated carbocycles. The number of carbonyl (C=O) groups is 2. The summed E-state index contributed by atoms with van der Waals surface area (Å²) < 4.78 is 24.2. The second-order valence-corrected chi connectivity index (χ2v) is 11.7. The lowest BCUT2D eigenvalue weighted by atomic mass is 10.0. The molecule has 0 unspecified atom stereocenters. The summed E-state index contributed by atoms with van der Waals surface area (Å²) >= 11 is 2.24. The number of hydrogen-bond donors (Lipinski definition) is 2. The molecule has 4 aromatic rings. The van der Waals surface area contributed by atoms with E-state index in [0.717, 1.165) is 26.6 Å². The fraction of sp³-hybridized carbons (Fsp3) is 0.107. The Balaban J connectivity index is 1.42. The van der Waals surface area contributed by atoms with Crippen molar-refractivity contribution < 1.29 is 18.0 Å². The minimum Gasteiger partial charge on any atom is -0.348 e. The van der Waals surface area contributed by atoms with Gasteiger partial charge in [-0.25, -0.2) is 8.42 Å². The van der Waals surface area contributed by atoms with Crippen LogP contribution in [0.1, 0.15) is 31.8 Å². The SMILES string of the molecule is Cc1cc(C(=O)NCc2ccc(S(C)(=O)=O)cc2)ccc1C(=O)Nc1ccc(I)c(-c2ccccn2)c1. The van der Waals surface area contributed by atoms with Crippen molar-refractivity contribution in [2.45, 2.75) is 18.4 Å². The van der Waals surface area contributed by atoms with Crippen LogP contribution in [0.5, 0.6) is 0 Å². The highest BCUT2D eigenvalue weighted by molar-refractivity contribution is 14.1. The van der Waals surface area contributed by atoms with Crippen LogP contribution in [-0.4, -0.2) is 31.5 Å². The highest BCUT2D eigenvalue weighted by Crippen LogP contribution is 2.27. The first-order valence-corrected chi connectivity index (χ1v) is 14.3. The average Bonchev–Trinajstić information content (AvgIpc) is 2.88. The van der Waals surface area contributed by atoms with Gasteiger partial charge in [-0.15, -0.1) is 0 Å². The average molecular weight is 625 g/mol. The molecule has 1 aromatic heterocycles. The molecule has 2 N–H and O–H groups in total. The first kappa shape index (κ1) is 26.5. The van der Waals surface area contributed by atoms with Crippen LogP contribution in [0.2, 0.25) is 0 Å². The number of pyridine rings is 1. The summed E-state index contributed by atoms with van der Waals surface area (Å²) in [5, 5.41) is 5.75. The molecular formula is C28H24IN3O4S. The number of nitrogens with zero attached hydrogens (tertiary/aromatic N) is 1. The topological polar surface area (TPSA) is 105 Å². The van der Waals surface area contributed by atoms with Gasteiger partial charge in [0, 0.05) is 44.9 Å². The lowest BCUT2D eigenvalue weighted by Gasteiger charge is -2.12.